The number of halogens is 2. The zero-order chi connectivity index (χ0) is 14.3. The van der Waals surface area contributed by atoms with Crippen molar-refractivity contribution < 1.29 is 4.79 Å². The predicted molar refractivity (Wildman–Crippen MR) is 84.8 cm³/mol. The second-order valence-electron chi connectivity index (χ2n) is 4.49. The summed E-state index contributed by atoms with van der Waals surface area (Å²) in [7, 11) is 0. The SMILES string of the molecule is CCCCCNC(=O)C(C)Nc1cc(Cl)ccc1Br. The Kier molecular flexibility index (Phi) is 7.24. The van der Waals surface area contributed by atoms with Crippen LogP contribution in [0.2, 0.25) is 5.02 Å². The molecule has 0 saturated heterocycles. The van der Waals surface area contributed by atoms with Crippen molar-refractivity contribution in [1.29, 1.82) is 0 Å². The zero-order valence-corrected chi connectivity index (χ0v) is 13.6. The van der Waals surface area contributed by atoms with E-state index >= 15 is 0 Å². The normalized spacial score (nSPS) is 12.0. The Bertz CT molecular complexity index is 426. The summed E-state index contributed by atoms with van der Waals surface area (Å²) >= 11 is 9.37. The van der Waals surface area contributed by atoms with E-state index in [1.165, 1.54) is 0 Å². The minimum absolute atomic E-state index is 0.00276. The Labute approximate surface area is 128 Å². The lowest BCUT2D eigenvalue weighted by atomic mass is 10.2. The second kappa shape index (κ2) is 8.43. The van der Waals surface area contributed by atoms with Gasteiger partial charge in [0.15, 0.2) is 0 Å². The van der Waals surface area contributed by atoms with Gasteiger partial charge in [-0.05, 0) is 47.5 Å². The highest BCUT2D eigenvalue weighted by Gasteiger charge is 2.13. The summed E-state index contributed by atoms with van der Waals surface area (Å²) in [5.41, 5.74) is 0.823. The van der Waals surface area contributed by atoms with Crippen LogP contribution in [-0.4, -0.2) is 18.5 Å². The van der Waals surface area contributed by atoms with Crippen LogP contribution in [0, 0.1) is 0 Å². The van der Waals surface area contributed by atoms with Crippen LogP contribution in [0.25, 0.3) is 0 Å². The maximum absolute atomic E-state index is 11.9. The summed E-state index contributed by atoms with van der Waals surface area (Å²) in [5, 5.41) is 6.71. The number of benzene rings is 1. The lowest BCUT2D eigenvalue weighted by molar-refractivity contribution is -0.121. The number of hydrogen-bond acceptors (Lipinski definition) is 2. The van der Waals surface area contributed by atoms with Crippen molar-refractivity contribution in [3.05, 3.63) is 27.7 Å². The molecule has 0 fully saturated rings. The molecular formula is C14H20BrClN2O. The third kappa shape index (κ3) is 5.83. The van der Waals surface area contributed by atoms with Crippen molar-refractivity contribution in [1.82, 2.24) is 5.32 Å². The summed E-state index contributed by atoms with van der Waals surface area (Å²) in [6.07, 6.45) is 3.32. The molecule has 1 unspecified atom stereocenters. The molecule has 1 rings (SSSR count). The summed E-state index contributed by atoms with van der Waals surface area (Å²) < 4.78 is 0.891. The first-order chi connectivity index (χ1) is 9.04. The quantitative estimate of drug-likeness (QED) is 0.725. The third-order valence-electron chi connectivity index (χ3n) is 2.77. The third-order valence-corrected chi connectivity index (χ3v) is 3.70. The van der Waals surface area contributed by atoms with E-state index in [0.717, 1.165) is 36.0 Å². The molecule has 0 aliphatic carbocycles. The van der Waals surface area contributed by atoms with E-state index in [4.69, 9.17) is 11.6 Å². The Balaban J connectivity index is 2.47. The fraction of sp³-hybridized carbons (Fsp3) is 0.500. The molecule has 0 bridgehead atoms. The molecular weight excluding hydrogens is 328 g/mol. The summed E-state index contributed by atoms with van der Waals surface area (Å²) in [6.45, 7) is 4.71. The van der Waals surface area contributed by atoms with Gasteiger partial charge in [-0.25, -0.2) is 0 Å². The van der Waals surface area contributed by atoms with Crippen LogP contribution in [0.4, 0.5) is 5.69 Å². The Hall–Kier alpha value is -0.740. The zero-order valence-electron chi connectivity index (χ0n) is 11.3. The van der Waals surface area contributed by atoms with Crippen molar-refractivity contribution >= 4 is 39.1 Å². The van der Waals surface area contributed by atoms with Gasteiger partial charge in [0.05, 0.1) is 5.69 Å². The van der Waals surface area contributed by atoms with Crippen LogP contribution in [0.15, 0.2) is 22.7 Å². The average Bonchev–Trinajstić information content (AvgIpc) is 2.38. The minimum Gasteiger partial charge on any atom is -0.373 e. The Morgan fingerprint density at radius 2 is 2.16 bits per heavy atom. The molecule has 1 aromatic carbocycles. The van der Waals surface area contributed by atoms with Gasteiger partial charge in [0.2, 0.25) is 5.91 Å². The number of amides is 1. The molecule has 1 amide bonds. The van der Waals surface area contributed by atoms with E-state index in [1.807, 2.05) is 13.0 Å². The maximum Gasteiger partial charge on any atom is 0.242 e. The molecule has 19 heavy (non-hydrogen) atoms. The molecule has 1 atom stereocenters. The number of unbranched alkanes of at least 4 members (excludes halogenated alkanes) is 2. The summed E-state index contributed by atoms with van der Waals surface area (Å²) in [6, 6.07) is 5.16. The Morgan fingerprint density at radius 1 is 1.42 bits per heavy atom. The maximum atomic E-state index is 11.9. The summed E-state index contributed by atoms with van der Waals surface area (Å²) in [4.78, 5) is 11.9. The lowest BCUT2D eigenvalue weighted by Crippen LogP contribution is -2.38. The molecule has 0 spiro atoms. The molecule has 0 saturated carbocycles. The summed E-state index contributed by atoms with van der Waals surface area (Å²) in [5.74, 6) is 0.00276. The van der Waals surface area contributed by atoms with E-state index in [2.05, 4.69) is 33.5 Å². The van der Waals surface area contributed by atoms with Crippen LogP contribution in [0.3, 0.4) is 0 Å². The minimum atomic E-state index is -0.295. The highest BCUT2D eigenvalue weighted by molar-refractivity contribution is 9.10. The average molecular weight is 348 g/mol. The molecule has 0 radical (unpaired) electrons. The van der Waals surface area contributed by atoms with Gasteiger partial charge in [0.1, 0.15) is 6.04 Å². The van der Waals surface area contributed by atoms with Crippen molar-refractivity contribution in [2.75, 3.05) is 11.9 Å². The van der Waals surface area contributed by atoms with Gasteiger partial charge < -0.3 is 10.6 Å². The molecule has 3 nitrogen and oxygen atoms in total. The van der Waals surface area contributed by atoms with Gasteiger partial charge in [-0.2, -0.15) is 0 Å². The first kappa shape index (κ1) is 16.3. The molecule has 0 aromatic heterocycles. The van der Waals surface area contributed by atoms with Gasteiger partial charge in [-0.15, -0.1) is 0 Å². The van der Waals surface area contributed by atoms with Gasteiger partial charge in [-0.1, -0.05) is 31.4 Å². The van der Waals surface area contributed by atoms with Crippen LogP contribution in [0.1, 0.15) is 33.1 Å². The van der Waals surface area contributed by atoms with E-state index < -0.39 is 0 Å². The number of carbonyl (C=O) groups excluding carboxylic acids is 1. The first-order valence-corrected chi connectivity index (χ1v) is 7.71. The number of hydrogen-bond donors (Lipinski definition) is 2. The monoisotopic (exact) mass is 346 g/mol. The molecule has 1 aromatic rings. The lowest BCUT2D eigenvalue weighted by Gasteiger charge is -2.16. The highest BCUT2D eigenvalue weighted by Crippen LogP contribution is 2.26. The van der Waals surface area contributed by atoms with Crippen LogP contribution >= 0.6 is 27.5 Å². The molecule has 0 aliphatic rings. The van der Waals surface area contributed by atoms with Crippen molar-refractivity contribution in [2.24, 2.45) is 0 Å². The smallest absolute Gasteiger partial charge is 0.242 e. The van der Waals surface area contributed by atoms with Crippen LogP contribution in [-0.2, 0) is 4.79 Å². The Morgan fingerprint density at radius 3 is 2.84 bits per heavy atom. The number of carbonyl (C=O) groups is 1. The largest absolute Gasteiger partial charge is 0.373 e. The second-order valence-corrected chi connectivity index (χ2v) is 5.78. The highest BCUT2D eigenvalue weighted by atomic mass is 79.9. The molecule has 0 heterocycles. The number of nitrogens with one attached hydrogen (secondary N) is 2. The molecule has 5 heteroatoms. The van der Waals surface area contributed by atoms with Gasteiger partial charge >= 0.3 is 0 Å². The predicted octanol–water partition coefficient (Wildman–Crippen LogP) is 4.21. The molecule has 106 valence electrons. The van der Waals surface area contributed by atoms with Crippen molar-refractivity contribution in [2.45, 2.75) is 39.2 Å². The van der Waals surface area contributed by atoms with E-state index in [1.54, 1.807) is 12.1 Å². The topological polar surface area (TPSA) is 41.1 Å². The van der Waals surface area contributed by atoms with Crippen molar-refractivity contribution in [3.63, 3.8) is 0 Å². The van der Waals surface area contributed by atoms with E-state index in [-0.39, 0.29) is 11.9 Å². The molecule has 2 N–H and O–H groups in total. The fourth-order valence-electron chi connectivity index (χ4n) is 1.65. The van der Waals surface area contributed by atoms with Crippen molar-refractivity contribution in [3.8, 4) is 0 Å². The number of rotatable bonds is 7. The van der Waals surface area contributed by atoms with E-state index in [9.17, 15) is 4.79 Å². The standard InChI is InChI=1S/C14H20BrClN2O/c1-3-4-5-8-17-14(19)10(2)18-13-9-11(16)6-7-12(13)15/h6-7,9-10,18H,3-5,8H2,1-2H3,(H,17,19). The van der Waals surface area contributed by atoms with Crippen LogP contribution < -0.4 is 10.6 Å². The van der Waals surface area contributed by atoms with Gasteiger partial charge in [0.25, 0.3) is 0 Å². The fourth-order valence-corrected chi connectivity index (χ4v) is 2.18. The van der Waals surface area contributed by atoms with E-state index in [0.29, 0.717) is 5.02 Å². The van der Waals surface area contributed by atoms with Crippen LogP contribution in [0.5, 0.6) is 0 Å². The number of anilines is 1. The molecule has 0 aliphatic heterocycles. The van der Waals surface area contributed by atoms with Gasteiger partial charge in [0, 0.05) is 16.0 Å². The van der Waals surface area contributed by atoms with Gasteiger partial charge in [-0.3, -0.25) is 4.79 Å². The first-order valence-electron chi connectivity index (χ1n) is 6.54.